The van der Waals surface area contributed by atoms with Gasteiger partial charge in [0.05, 0.1) is 10.6 Å². The molecule has 126 valence electrons. The highest BCUT2D eigenvalue weighted by Crippen LogP contribution is 2.36. The summed E-state index contributed by atoms with van der Waals surface area (Å²) in [5, 5.41) is 0. The largest absolute Gasteiger partial charge is 0.264 e. The maximum atomic E-state index is 13.2. The van der Waals surface area contributed by atoms with Crippen LogP contribution in [-0.2, 0) is 16.4 Å². The average molecular weight is 349 g/mol. The fourth-order valence-electron chi connectivity index (χ4n) is 3.47. The van der Waals surface area contributed by atoms with Crippen LogP contribution in [0.2, 0.25) is 0 Å². The van der Waals surface area contributed by atoms with Crippen molar-refractivity contribution >= 4 is 15.7 Å². The van der Waals surface area contributed by atoms with Crippen LogP contribution in [0.5, 0.6) is 0 Å². The van der Waals surface area contributed by atoms with Gasteiger partial charge in [-0.05, 0) is 48.2 Å². The van der Waals surface area contributed by atoms with E-state index in [9.17, 15) is 8.42 Å². The van der Waals surface area contributed by atoms with Crippen molar-refractivity contribution in [2.24, 2.45) is 0 Å². The Bertz CT molecular complexity index is 996. The maximum absolute atomic E-state index is 13.2. The molecule has 4 rings (SSSR count). The van der Waals surface area contributed by atoms with Crippen LogP contribution in [-0.4, -0.2) is 14.5 Å². The summed E-state index contributed by atoms with van der Waals surface area (Å²) in [5.74, 6) is 0. The monoisotopic (exact) mass is 349 g/mol. The minimum absolute atomic E-state index is 0.0730. The second-order valence-corrected chi connectivity index (χ2v) is 8.19. The van der Waals surface area contributed by atoms with E-state index in [0.717, 1.165) is 28.8 Å². The van der Waals surface area contributed by atoms with E-state index in [4.69, 9.17) is 0 Å². The number of nitrogens with zero attached hydrogens (tertiary/aromatic N) is 1. The van der Waals surface area contributed by atoms with Crippen LogP contribution in [0.15, 0.2) is 83.8 Å². The highest BCUT2D eigenvalue weighted by Gasteiger charge is 2.35. The van der Waals surface area contributed by atoms with Gasteiger partial charge in [0.15, 0.2) is 0 Å². The number of rotatable bonds is 3. The zero-order chi connectivity index (χ0) is 17.4. The van der Waals surface area contributed by atoms with E-state index < -0.39 is 10.0 Å². The summed E-state index contributed by atoms with van der Waals surface area (Å²) in [6, 6.07) is 24.7. The molecule has 0 aliphatic carbocycles. The summed E-state index contributed by atoms with van der Waals surface area (Å²) < 4.78 is 27.9. The molecule has 25 heavy (non-hydrogen) atoms. The average Bonchev–Trinajstić information content (AvgIpc) is 2.99. The molecule has 0 spiro atoms. The third-order valence-electron chi connectivity index (χ3n) is 4.66. The smallest absolute Gasteiger partial charge is 0.263 e. The standard InChI is InChI=1S/C21H19NO2S/c1-16-15-19-9-5-6-10-21(19)22(16)25(23,24)20-13-11-18(12-14-20)17-7-3-2-4-8-17/h2-14,16H,15H2,1H3. The highest BCUT2D eigenvalue weighted by atomic mass is 32.2. The van der Waals surface area contributed by atoms with Crippen LogP contribution in [0.4, 0.5) is 5.69 Å². The summed E-state index contributed by atoms with van der Waals surface area (Å²) in [5.41, 5.74) is 3.96. The lowest BCUT2D eigenvalue weighted by Gasteiger charge is -2.24. The Morgan fingerprint density at radius 1 is 0.800 bits per heavy atom. The molecule has 0 saturated heterocycles. The van der Waals surface area contributed by atoms with Crippen LogP contribution in [0, 0.1) is 0 Å². The van der Waals surface area contributed by atoms with Gasteiger partial charge < -0.3 is 0 Å². The number of sulfonamides is 1. The lowest BCUT2D eigenvalue weighted by molar-refractivity contribution is 0.584. The molecule has 0 amide bonds. The summed E-state index contributed by atoms with van der Waals surface area (Å²) >= 11 is 0. The fraction of sp³-hybridized carbons (Fsp3) is 0.143. The van der Waals surface area contributed by atoms with E-state index in [-0.39, 0.29) is 6.04 Å². The van der Waals surface area contributed by atoms with E-state index in [1.165, 1.54) is 0 Å². The number of hydrogen-bond donors (Lipinski definition) is 0. The number of hydrogen-bond acceptors (Lipinski definition) is 2. The Hall–Kier alpha value is -2.59. The van der Waals surface area contributed by atoms with Gasteiger partial charge in [0.2, 0.25) is 0 Å². The van der Waals surface area contributed by atoms with Gasteiger partial charge in [0, 0.05) is 6.04 Å². The zero-order valence-corrected chi connectivity index (χ0v) is 14.8. The molecule has 0 aromatic heterocycles. The maximum Gasteiger partial charge on any atom is 0.264 e. The molecule has 0 radical (unpaired) electrons. The first-order valence-corrected chi connectivity index (χ1v) is 9.79. The quantitative estimate of drug-likeness (QED) is 0.698. The number of anilines is 1. The van der Waals surface area contributed by atoms with Gasteiger partial charge in [-0.1, -0.05) is 60.7 Å². The Labute approximate surface area is 148 Å². The number of fused-ring (bicyclic) bond motifs is 1. The molecule has 0 fully saturated rings. The molecule has 1 heterocycles. The van der Waals surface area contributed by atoms with Gasteiger partial charge in [-0.25, -0.2) is 8.42 Å². The van der Waals surface area contributed by atoms with Crippen molar-refractivity contribution in [3.63, 3.8) is 0 Å². The predicted octanol–water partition coefficient (Wildman–Crippen LogP) is 4.49. The molecule has 3 aromatic rings. The molecule has 1 atom stereocenters. The molecule has 0 bridgehead atoms. The van der Waals surface area contributed by atoms with Gasteiger partial charge >= 0.3 is 0 Å². The third-order valence-corrected chi connectivity index (χ3v) is 6.61. The molecule has 1 unspecified atom stereocenters. The lowest BCUT2D eigenvalue weighted by Crippen LogP contribution is -2.35. The van der Waals surface area contributed by atoms with E-state index in [1.54, 1.807) is 16.4 Å². The Balaban J connectivity index is 1.72. The van der Waals surface area contributed by atoms with Crippen molar-refractivity contribution in [3.8, 4) is 11.1 Å². The minimum Gasteiger partial charge on any atom is -0.263 e. The van der Waals surface area contributed by atoms with Gasteiger partial charge in [-0.2, -0.15) is 0 Å². The summed E-state index contributed by atoms with van der Waals surface area (Å²) in [6.07, 6.45) is 0.748. The molecule has 3 aromatic carbocycles. The highest BCUT2D eigenvalue weighted by molar-refractivity contribution is 7.92. The minimum atomic E-state index is -3.57. The topological polar surface area (TPSA) is 37.4 Å². The predicted molar refractivity (Wildman–Crippen MR) is 101 cm³/mol. The SMILES string of the molecule is CC1Cc2ccccc2N1S(=O)(=O)c1ccc(-c2ccccc2)cc1. The molecule has 3 nitrogen and oxygen atoms in total. The number of benzene rings is 3. The normalized spacial score (nSPS) is 16.7. The van der Waals surface area contributed by atoms with E-state index in [2.05, 4.69) is 0 Å². The lowest BCUT2D eigenvalue weighted by atomic mass is 10.1. The Kier molecular flexibility index (Phi) is 3.85. The van der Waals surface area contributed by atoms with Crippen LogP contribution in [0.25, 0.3) is 11.1 Å². The summed E-state index contributed by atoms with van der Waals surface area (Å²) in [6.45, 7) is 1.95. The molecular weight excluding hydrogens is 330 g/mol. The summed E-state index contributed by atoms with van der Waals surface area (Å²) in [4.78, 5) is 0.329. The first-order chi connectivity index (χ1) is 12.1. The second-order valence-electron chi connectivity index (χ2n) is 6.37. The molecule has 1 aliphatic heterocycles. The van der Waals surface area contributed by atoms with Crippen LogP contribution < -0.4 is 4.31 Å². The zero-order valence-electron chi connectivity index (χ0n) is 14.0. The van der Waals surface area contributed by atoms with E-state index >= 15 is 0 Å². The van der Waals surface area contributed by atoms with Crippen molar-refractivity contribution in [1.82, 2.24) is 0 Å². The first-order valence-electron chi connectivity index (χ1n) is 8.35. The Morgan fingerprint density at radius 3 is 2.12 bits per heavy atom. The Morgan fingerprint density at radius 2 is 1.40 bits per heavy atom. The third kappa shape index (κ3) is 2.72. The first kappa shape index (κ1) is 15.9. The van der Waals surface area contributed by atoms with Crippen LogP contribution >= 0.6 is 0 Å². The van der Waals surface area contributed by atoms with E-state index in [0.29, 0.717) is 4.90 Å². The number of para-hydroxylation sites is 1. The molecule has 0 saturated carbocycles. The van der Waals surface area contributed by atoms with Gasteiger partial charge in [-0.15, -0.1) is 0 Å². The molecular formula is C21H19NO2S. The van der Waals surface area contributed by atoms with Gasteiger partial charge in [0.1, 0.15) is 0 Å². The van der Waals surface area contributed by atoms with Crippen molar-refractivity contribution in [3.05, 3.63) is 84.4 Å². The van der Waals surface area contributed by atoms with Crippen LogP contribution in [0.3, 0.4) is 0 Å². The van der Waals surface area contributed by atoms with Crippen molar-refractivity contribution in [2.45, 2.75) is 24.3 Å². The summed E-state index contributed by atoms with van der Waals surface area (Å²) in [7, 11) is -3.57. The molecule has 1 aliphatic rings. The van der Waals surface area contributed by atoms with Crippen LogP contribution in [0.1, 0.15) is 12.5 Å². The van der Waals surface area contributed by atoms with E-state index in [1.807, 2.05) is 73.7 Å². The van der Waals surface area contributed by atoms with Crippen molar-refractivity contribution in [2.75, 3.05) is 4.31 Å². The fourth-order valence-corrected chi connectivity index (χ4v) is 5.16. The molecule has 0 N–H and O–H groups in total. The molecule has 4 heteroatoms. The van der Waals surface area contributed by atoms with Crippen molar-refractivity contribution < 1.29 is 8.42 Å². The second kappa shape index (κ2) is 6.05. The van der Waals surface area contributed by atoms with Gasteiger partial charge in [0.25, 0.3) is 10.0 Å². The van der Waals surface area contributed by atoms with Crippen molar-refractivity contribution in [1.29, 1.82) is 0 Å². The van der Waals surface area contributed by atoms with Gasteiger partial charge in [-0.3, -0.25) is 4.31 Å².